The van der Waals surface area contributed by atoms with Gasteiger partial charge in [0, 0.05) is 61.2 Å². The molecule has 1 aliphatic rings. The van der Waals surface area contributed by atoms with Crippen LogP contribution < -0.4 is 16.0 Å². The third kappa shape index (κ3) is 7.84. The Morgan fingerprint density at radius 3 is 1.98 bits per heavy atom. The van der Waals surface area contributed by atoms with Gasteiger partial charge in [0.1, 0.15) is 0 Å². The number of nitrogens with zero attached hydrogens (tertiary/aromatic N) is 5. The van der Waals surface area contributed by atoms with E-state index in [9.17, 15) is 0 Å². The van der Waals surface area contributed by atoms with Crippen LogP contribution in [-0.2, 0) is 6.54 Å². The predicted molar refractivity (Wildman–Crippen MR) is 168 cm³/mol. The van der Waals surface area contributed by atoms with E-state index < -0.39 is 0 Å². The van der Waals surface area contributed by atoms with Crippen molar-refractivity contribution in [1.82, 2.24) is 19.8 Å². The van der Waals surface area contributed by atoms with Gasteiger partial charge in [-0.2, -0.15) is 4.99 Å². The van der Waals surface area contributed by atoms with Crippen molar-refractivity contribution < 1.29 is 0 Å². The molecule has 3 N–H and O–H groups in total. The zero-order valence-corrected chi connectivity index (χ0v) is 23.7. The second-order valence-corrected chi connectivity index (χ2v) is 10.2. The van der Waals surface area contributed by atoms with E-state index in [4.69, 9.17) is 17.2 Å². The fraction of sp³-hybridized carbons (Fsp3) is 0.226. The number of hydrogen-bond donors (Lipinski definition) is 3. The van der Waals surface area contributed by atoms with Gasteiger partial charge in [-0.25, -0.2) is 9.97 Å². The molecule has 204 valence electrons. The van der Waals surface area contributed by atoms with E-state index in [1.54, 1.807) is 0 Å². The molecule has 2 heterocycles. The molecule has 1 aromatic heterocycles. The maximum atomic E-state index is 5.66. The molecular weight excluding hydrogens is 516 g/mol. The minimum atomic E-state index is 0.363. The molecule has 0 bridgehead atoms. The molecule has 0 radical (unpaired) electrons. The standard InChI is InChI=1S/C31H34N8S/c1-23-21-24(2)33-29(32-23)36-30(39-19-17-38(18-20-39)22-25-9-5-3-6-10-25)37-31(40)35-28-15-13-27(14-16-28)34-26-11-7-4-8-12-26/h3-16,21,34H,17-20,22H2,1-2H3,(H2,32,33,35,36,37,40). The summed E-state index contributed by atoms with van der Waals surface area (Å²) in [6.45, 7) is 8.31. The molecule has 0 spiro atoms. The highest BCUT2D eigenvalue weighted by Crippen LogP contribution is 2.19. The number of piperazine rings is 1. The van der Waals surface area contributed by atoms with Crippen molar-refractivity contribution in [2.24, 2.45) is 4.99 Å². The van der Waals surface area contributed by atoms with E-state index in [1.807, 2.05) is 74.5 Å². The first-order valence-corrected chi connectivity index (χ1v) is 13.8. The van der Waals surface area contributed by atoms with Crippen LogP contribution in [0.4, 0.5) is 23.0 Å². The van der Waals surface area contributed by atoms with Gasteiger partial charge in [-0.15, -0.1) is 0 Å². The normalized spacial score (nSPS) is 14.1. The van der Waals surface area contributed by atoms with Gasteiger partial charge >= 0.3 is 0 Å². The predicted octanol–water partition coefficient (Wildman–Crippen LogP) is 5.82. The van der Waals surface area contributed by atoms with E-state index in [0.717, 1.165) is 61.2 Å². The summed E-state index contributed by atoms with van der Waals surface area (Å²) in [6, 6.07) is 30.6. The van der Waals surface area contributed by atoms with Crippen molar-refractivity contribution in [3.8, 4) is 0 Å². The van der Waals surface area contributed by atoms with Gasteiger partial charge < -0.3 is 15.5 Å². The van der Waals surface area contributed by atoms with Crippen LogP contribution in [0.1, 0.15) is 17.0 Å². The van der Waals surface area contributed by atoms with Crippen LogP contribution in [0.25, 0.3) is 0 Å². The average Bonchev–Trinajstić information content (AvgIpc) is 2.95. The fourth-order valence-electron chi connectivity index (χ4n) is 4.59. The van der Waals surface area contributed by atoms with Crippen LogP contribution >= 0.6 is 12.2 Å². The summed E-state index contributed by atoms with van der Waals surface area (Å²) in [6.07, 6.45) is 0. The summed E-state index contributed by atoms with van der Waals surface area (Å²) >= 11 is 5.66. The number of nitrogens with one attached hydrogen (secondary N) is 3. The number of aliphatic imine (C=N–C) groups is 1. The molecule has 40 heavy (non-hydrogen) atoms. The smallest absolute Gasteiger partial charge is 0.229 e. The lowest BCUT2D eigenvalue weighted by atomic mass is 10.2. The number of aromatic nitrogens is 2. The van der Waals surface area contributed by atoms with E-state index in [1.165, 1.54) is 5.56 Å². The fourth-order valence-corrected chi connectivity index (χ4v) is 4.80. The first-order chi connectivity index (χ1) is 19.5. The molecule has 8 nitrogen and oxygen atoms in total. The first kappa shape index (κ1) is 27.2. The molecular formula is C31H34N8S. The van der Waals surface area contributed by atoms with Crippen LogP contribution in [0, 0.1) is 13.8 Å². The number of benzene rings is 3. The molecule has 1 fully saturated rings. The van der Waals surface area contributed by atoms with Gasteiger partial charge in [-0.3, -0.25) is 10.2 Å². The first-order valence-electron chi connectivity index (χ1n) is 13.4. The highest BCUT2D eigenvalue weighted by atomic mass is 32.1. The minimum Gasteiger partial charge on any atom is -0.356 e. The highest BCUT2D eigenvalue weighted by Gasteiger charge is 2.21. The number of anilines is 4. The Hall–Kier alpha value is -4.34. The van der Waals surface area contributed by atoms with Gasteiger partial charge in [0.05, 0.1) is 0 Å². The third-order valence-corrected chi connectivity index (χ3v) is 6.73. The number of aryl methyl sites for hydroxylation is 2. The second-order valence-electron chi connectivity index (χ2n) is 9.78. The average molecular weight is 551 g/mol. The zero-order valence-electron chi connectivity index (χ0n) is 22.8. The largest absolute Gasteiger partial charge is 0.356 e. The number of guanidine groups is 1. The summed E-state index contributed by atoms with van der Waals surface area (Å²) in [5.74, 6) is 1.16. The van der Waals surface area contributed by atoms with Crippen LogP contribution in [0.2, 0.25) is 0 Å². The molecule has 1 aliphatic heterocycles. The van der Waals surface area contributed by atoms with E-state index in [0.29, 0.717) is 17.0 Å². The van der Waals surface area contributed by atoms with E-state index in [2.05, 4.69) is 66.0 Å². The molecule has 0 amide bonds. The Bertz CT molecular complexity index is 1410. The van der Waals surface area contributed by atoms with E-state index in [-0.39, 0.29) is 0 Å². The summed E-state index contributed by atoms with van der Waals surface area (Å²) in [4.78, 5) is 18.6. The maximum Gasteiger partial charge on any atom is 0.229 e. The second kappa shape index (κ2) is 13.1. The molecule has 0 atom stereocenters. The lowest BCUT2D eigenvalue weighted by Crippen LogP contribution is -2.50. The lowest BCUT2D eigenvalue weighted by Gasteiger charge is -2.36. The lowest BCUT2D eigenvalue weighted by molar-refractivity contribution is 0.175. The Balaban J connectivity index is 1.27. The molecule has 0 aliphatic carbocycles. The van der Waals surface area contributed by atoms with Crippen molar-refractivity contribution >= 4 is 46.3 Å². The summed E-state index contributed by atoms with van der Waals surface area (Å²) in [7, 11) is 0. The van der Waals surface area contributed by atoms with E-state index >= 15 is 0 Å². The number of para-hydroxylation sites is 1. The number of thiocarbonyl (C=S) groups is 1. The Morgan fingerprint density at radius 1 is 0.750 bits per heavy atom. The van der Waals surface area contributed by atoms with Crippen molar-refractivity contribution in [2.75, 3.05) is 42.1 Å². The minimum absolute atomic E-state index is 0.363. The van der Waals surface area contributed by atoms with Crippen LogP contribution in [0.3, 0.4) is 0 Å². The Kier molecular flexibility index (Phi) is 8.95. The summed E-state index contributed by atoms with van der Waals surface area (Å²) in [5.41, 5.74) is 6.01. The van der Waals surface area contributed by atoms with Gasteiger partial charge in [0.25, 0.3) is 0 Å². The zero-order chi connectivity index (χ0) is 27.7. The van der Waals surface area contributed by atoms with Crippen molar-refractivity contribution in [3.05, 3.63) is 108 Å². The molecule has 9 heteroatoms. The topological polar surface area (TPSA) is 80.7 Å². The number of hydrogen-bond acceptors (Lipinski definition) is 5. The van der Waals surface area contributed by atoms with Crippen molar-refractivity contribution in [3.63, 3.8) is 0 Å². The molecule has 4 aromatic rings. The number of rotatable bonds is 6. The van der Waals surface area contributed by atoms with Gasteiger partial charge in [-0.05, 0) is 74.1 Å². The van der Waals surface area contributed by atoms with Crippen molar-refractivity contribution in [2.45, 2.75) is 20.4 Å². The highest BCUT2D eigenvalue weighted by molar-refractivity contribution is 7.80. The SMILES string of the molecule is Cc1cc(C)nc(N/C(=N/C(=S)Nc2ccc(Nc3ccccc3)cc2)N2CCN(Cc3ccccc3)CC2)n1. The molecule has 5 rings (SSSR count). The summed E-state index contributed by atoms with van der Waals surface area (Å²) in [5, 5.41) is 10.4. The van der Waals surface area contributed by atoms with Crippen molar-refractivity contribution in [1.29, 1.82) is 0 Å². The summed E-state index contributed by atoms with van der Waals surface area (Å²) < 4.78 is 0. The quantitative estimate of drug-likeness (QED) is 0.157. The van der Waals surface area contributed by atoms with Crippen LogP contribution in [0.5, 0.6) is 0 Å². The molecule has 1 saturated heterocycles. The molecule has 3 aromatic carbocycles. The van der Waals surface area contributed by atoms with Crippen LogP contribution in [-0.4, -0.2) is 57.0 Å². The maximum absolute atomic E-state index is 5.66. The van der Waals surface area contributed by atoms with Gasteiger partial charge in [-0.1, -0.05) is 48.5 Å². The third-order valence-electron chi connectivity index (χ3n) is 6.53. The van der Waals surface area contributed by atoms with Gasteiger partial charge in [0.15, 0.2) is 0 Å². The van der Waals surface area contributed by atoms with Crippen LogP contribution in [0.15, 0.2) is 96.0 Å². The molecule has 0 saturated carbocycles. The van der Waals surface area contributed by atoms with Gasteiger partial charge in [0.2, 0.25) is 17.0 Å². The Labute approximate surface area is 241 Å². The Morgan fingerprint density at radius 2 is 1.32 bits per heavy atom. The monoisotopic (exact) mass is 550 g/mol. The molecule has 0 unspecified atom stereocenters.